The van der Waals surface area contributed by atoms with E-state index in [9.17, 15) is 13.2 Å². The molecule has 1 aromatic carbocycles. The average Bonchev–Trinajstić information content (AvgIpc) is 2.16. The van der Waals surface area contributed by atoms with Crippen LogP contribution in [0.4, 0.5) is 0 Å². The van der Waals surface area contributed by atoms with Crippen molar-refractivity contribution >= 4 is 39.7 Å². The van der Waals surface area contributed by atoms with Crippen molar-refractivity contribution in [2.24, 2.45) is 4.36 Å². The van der Waals surface area contributed by atoms with Crippen LogP contribution in [0.5, 0.6) is 0 Å². The largest absolute Gasteiger partial charge is 0.480 e. The van der Waals surface area contributed by atoms with E-state index in [-0.39, 0.29) is 0 Å². The summed E-state index contributed by atoms with van der Waals surface area (Å²) in [4.78, 5) is 9.87. The second-order valence-electron chi connectivity index (χ2n) is 2.78. The van der Waals surface area contributed by atoms with Crippen LogP contribution in [0.1, 0.15) is 6.92 Å². The lowest BCUT2D eigenvalue weighted by Gasteiger charge is -1.89. The van der Waals surface area contributed by atoms with E-state index >= 15 is 0 Å². The number of aliphatic carboxylic acids is 1. The van der Waals surface area contributed by atoms with Crippen LogP contribution in [0.15, 0.2) is 28.6 Å². The molecule has 0 bridgehead atoms. The molecule has 1 N–H and O–H groups in total. The summed E-state index contributed by atoms with van der Waals surface area (Å²) in [5, 5.41) is 9.42. The fraction of sp³-hybridized carbons (Fsp3) is 0.222. The summed E-state index contributed by atoms with van der Waals surface area (Å²) in [7, 11) is -2.62. The minimum Gasteiger partial charge on any atom is -0.480 e. The third kappa shape index (κ3) is 8.67. The van der Waals surface area contributed by atoms with E-state index in [1.807, 2.05) is 6.07 Å². The molecule has 0 saturated carbocycles. The topological polar surface area (TPSA) is 83.8 Å². The molecule has 0 radical (unpaired) electrons. The van der Waals surface area contributed by atoms with E-state index in [1.165, 1.54) is 6.92 Å². The van der Waals surface area contributed by atoms with Crippen molar-refractivity contribution in [1.29, 1.82) is 0 Å². The van der Waals surface area contributed by atoms with Gasteiger partial charge >= 0.3 is 16.5 Å². The lowest BCUT2D eigenvalue weighted by Crippen LogP contribution is -2.12. The van der Waals surface area contributed by atoms with Crippen LogP contribution in [-0.2, 0) is 15.3 Å². The highest BCUT2D eigenvalue weighted by atomic mass is 35.5. The molecule has 5 nitrogen and oxygen atoms in total. The molecule has 94 valence electrons. The number of nitrogens with zero attached hydrogens (tertiary/aromatic N) is 1. The molecule has 8 heteroatoms. The lowest BCUT2D eigenvalue weighted by atomic mass is 10.4. The first-order valence-electron chi connectivity index (χ1n) is 4.27. The van der Waals surface area contributed by atoms with Gasteiger partial charge in [-0.2, -0.15) is 12.8 Å². The van der Waals surface area contributed by atoms with Gasteiger partial charge in [-0.15, -0.1) is 0 Å². The van der Waals surface area contributed by atoms with Crippen molar-refractivity contribution < 1.29 is 18.3 Å². The molecule has 1 aromatic rings. The first kappa shape index (κ1) is 15.9. The molecule has 0 fully saturated rings. The molecule has 0 saturated heterocycles. The van der Waals surface area contributed by atoms with Crippen molar-refractivity contribution in [3.63, 3.8) is 0 Å². The molecule has 17 heavy (non-hydrogen) atoms. The molecule has 0 spiro atoms. The van der Waals surface area contributed by atoms with E-state index in [1.54, 1.807) is 18.2 Å². The average molecular weight is 298 g/mol. The molecular weight excluding hydrogens is 289 g/mol. The zero-order chi connectivity index (χ0) is 13.4. The quantitative estimate of drug-likeness (QED) is 0.909. The lowest BCUT2D eigenvalue weighted by molar-refractivity contribution is -0.137. The highest BCUT2D eigenvalue weighted by Crippen LogP contribution is 2.13. The highest BCUT2D eigenvalue weighted by molar-refractivity contribution is 7.61. The van der Waals surface area contributed by atoms with Gasteiger partial charge in [0.05, 0.1) is 0 Å². The normalized spacial score (nSPS) is 10.8. The fourth-order valence-corrected chi connectivity index (χ4v) is 1.42. The number of rotatable bonds is 2. The Bertz CT molecular complexity index is 490. The number of hydrogen-bond acceptors (Lipinski definition) is 4. The Hall–Kier alpha value is -1.11. The Morgan fingerprint density at radius 3 is 2.00 bits per heavy atom. The first-order chi connectivity index (χ1) is 7.82. The van der Waals surface area contributed by atoms with Gasteiger partial charge in [0.15, 0.2) is 6.04 Å². The predicted octanol–water partition coefficient (Wildman–Crippen LogP) is 2.52. The maximum absolute atomic E-state index is 9.87. The Labute approximate surface area is 110 Å². The van der Waals surface area contributed by atoms with Gasteiger partial charge in [0, 0.05) is 10.0 Å². The Kier molecular flexibility index (Phi) is 7.53. The molecule has 1 unspecified atom stereocenters. The summed E-state index contributed by atoms with van der Waals surface area (Å²) in [5.74, 6) is -1.25. The number of benzene rings is 1. The van der Waals surface area contributed by atoms with Crippen LogP contribution >= 0.6 is 23.2 Å². The Morgan fingerprint density at radius 1 is 1.35 bits per heavy atom. The molecule has 1 atom stereocenters. The smallest absolute Gasteiger partial charge is 0.329 e. The SMILES string of the molecule is CC(N=S(=O)=O)C(=O)O.Clc1cccc(Cl)c1. The second kappa shape index (κ2) is 8.05. The van der Waals surface area contributed by atoms with Crippen LogP contribution in [0, 0.1) is 0 Å². The van der Waals surface area contributed by atoms with Gasteiger partial charge in [0.2, 0.25) is 0 Å². The minimum absolute atomic E-state index is 0.678. The highest BCUT2D eigenvalue weighted by Gasteiger charge is 2.07. The maximum atomic E-state index is 9.87. The third-order valence-corrected chi connectivity index (χ3v) is 2.35. The van der Waals surface area contributed by atoms with Gasteiger partial charge in [-0.25, -0.2) is 4.79 Å². The van der Waals surface area contributed by atoms with Crippen molar-refractivity contribution in [3.05, 3.63) is 34.3 Å². The third-order valence-electron chi connectivity index (χ3n) is 1.39. The zero-order valence-electron chi connectivity index (χ0n) is 8.67. The number of carboxylic acid groups (broad SMARTS) is 1. The molecule has 0 aliphatic rings. The Morgan fingerprint density at radius 2 is 1.82 bits per heavy atom. The molecule has 0 aliphatic carbocycles. The first-order valence-corrected chi connectivity index (χ1v) is 6.05. The maximum Gasteiger partial charge on any atom is 0.329 e. The van der Waals surface area contributed by atoms with Gasteiger partial charge in [0.1, 0.15) is 0 Å². The van der Waals surface area contributed by atoms with E-state index in [4.69, 9.17) is 28.3 Å². The minimum atomic E-state index is -2.62. The van der Waals surface area contributed by atoms with Crippen molar-refractivity contribution in [2.75, 3.05) is 0 Å². The van der Waals surface area contributed by atoms with Crippen LogP contribution in [0.25, 0.3) is 0 Å². The van der Waals surface area contributed by atoms with Crippen LogP contribution in [-0.4, -0.2) is 25.5 Å². The monoisotopic (exact) mass is 297 g/mol. The van der Waals surface area contributed by atoms with Gasteiger partial charge in [-0.3, -0.25) is 0 Å². The number of halogens is 2. The molecule has 0 heterocycles. The zero-order valence-corrected chi connectivity index (χ0v) is 11.0. The van der Waals surface area contributed by atoms with Gasteiger partial charge in [-0.05, 0) is 25.1 Å². The molecular formula is C9H9Cl2NO4S. The summed E-state index contributed by atoms with van der Waals surface area (Å²) >= 11 is 11.1. The van der Waals surface area contributed by atoms with Gasteiger partial charge in [0.25, 0.3) is 0 Å². The summed E-state index contributed by atoms with van der Waals surface area (Å²) in [6.45, 7) is 1.18. The molecule has 1 rings (SSSR count). The standard InChI is InChI=1S/C6H4Cl2.C3H5NO4S/c7-5-2-1-3-6(8)4-5;1-2(3(5)6)4-9(7)8/h1-4H;2H,1H3,(H,5,6). The Balaban J connectivity index is 0.000000302. The van der Waals surface area contributed by atoms with Crippen LogP contribution in [0.2, 0.25) is 10.0 Å². The summed E-state index contributed by atoms with van der Waals surface area (Å²) < 4.78 is 22.2. The van der Waals surface area contributed by atoms with Crippen molar-refractivity contribution in [2.45, 2.75) is 13.0 Å². The summed E-state index contributed by atoms with van der Waals surface area (Å²) in [5.41, 5.74) is 0. The van der Waals surface area contributed by atoms with Crippen LogP contribution in [0.3, 0.4) is 0 Å². The van der Waals surface area contributed by atoms with E-state index in [0.717, 1.165) is 0 Å². The van der Waals surface area contributed by atoms with Crippen LogP contribution < -0.4 is 0 Å². The number of carbonyl (C=O) groups is 1. The van der Waals surface area contributed by atoms with E-state index in [0.29, 0.717) is 10.0 Å². The molecule has 0 aromatic heterocycles. The predicted molar refractivity (Wildman–Crippen MR) is 64.9 cm³/mol. The van der Waals surface area contributed by atoms with Crippen molar-refractivity contribution in [3.8, 4) is 0 Å². The van der Waals surface area contributed by atoms with E-state index < -0.39 is 22.5 Å². The summed E-state index contributed by atoms with van der Waals surface area (Å²) in [6, 6.07) is 5.90. The molecule has 0 aliphatic heterocycles. The number of carboxylic acids is 1. The van der Waals surface area contributed by atoms with E-state index in [2.05, 4.69) is 4.36 Å². The van der Waals surface area contributed by atoms with Gasteiger partial charge in [-0.1, -0.05) is 29.3 Å². The number of hydrogen-bond donors (Lipinski definition) is 1. The fourth-order valence-electron chi connectivity index (χ4n) is 0.634. The van der Waals surface area contributed by atoms with Gasteiger partial charge < -0.3 is 5.11 Å². The summed E-state index contributed by atoms with van der Waals surface area (Å²) in [6.07, 6.45) is 0. The second-order valence-corrected chi connectivity index (χ2v) is 4.29. The van der Waals surface area contributed by atoms with Crippen molar-refractivity contribution in [1.82, 2.24) is 0 Å². The molecule has 0 amide bonds.